The first kappa shape index (κ1) is 24.8. The molecule has 0 spiro atoms. The lowest BCUT2D eigenvalue weighted by Gasteiger charge is -2.35. The van der Waals surface area contributed by atoms with Crippen LogP contribution in [0.1, 0.15) is 54.3 Å². The predicted molar refractivity (Wildman–Crippen MR) is 144 cm³/mol. The van der Waals surface area contributed by atoms with Gasteiger partial charge in [-0.25, -0.2) is 0 Å². The van der Waals surface area contributed by atoms with E-state index in [4.69, 9.17) is 11.6 Å². The average Bonchev–Trinajstić information content (AvgIpc) is 3.02. The van der Waals surface area contributed by atoms with Crippen LogP contribution >= 0.6 is 11.6 Å². The van der Waals surface area contributed by atoms with Crippen LogP contribution in [-0.2, 0) is 14.4 Å². The van der Waals surface area contributed by atoms with Crippen LogP contribution in [-0.4, -0.2) is 22.8 Å². The van der Waals surface area contributed by atoms with Gasteiger partial charge in [0.15, 0.2) is 5.78 Å². The number of anilines is 2. The molecule has 6 nitrogen and oxygen atoms in total. The molecule has 0 radical (unpaired) electrons. The molecule has 0 fully saturated rings. The maximum absolute atomic E-state index is 13.9. The van der Waals surface area contributed by atoms with Gasteiger partial charge >= 0.3 is 5.97 Å². The molecule has 1 amide bonds. The lowest BCUT2D eigenvalue weighted by atomic mass is 9.78. The van der Waals surface area contributed by atoms with E-state index in [1.165, 1.54) is 0 Å². The van der Waals surface area contributed by atoms with Gasteiger partial charge in [-0.2, -0.15) is 0 Å². The number of para-hydroxylation sites is 2. The number of ketones is 1. The largest absolute Gasteiger partial charge is 0.481 e. The van der Waals surface area contributed by atoms with Gasteiger partial charge in [-0.05, 0) is 54.7 Å². The molecule has 3 aromatic rings. The minimum atomic E-state index is -1.05. The number of hydrogen-bond acceptors (Lipinski definition) is 4. The van der Waals surface area contributed by atoms with Crippen LogP contribution < -0.4 is 10.2 Å². The van der Waals surface area contributed by atoms with E-state index in [0.717, 1.165) is 16.8 Å². The van der Waals surface area contributed by atoms with Gasteiger partial charge < -0.3 is 10.4 Å². The summed E-state index contributed by atoms with van der Waals surface area (Å²) in [5.41, 5.74) is 5.53. The minimum Gasteiger partial charge on any atom is -0.481 e. The maximum Gasteiger partial charge on any atom is 0.303 e. The Morgan fingerprint density at radius 1 is 0.973 bits per heavy atom. The number of nitrogens with zero attached hydrogens (tertiary/aromatic N) is 1. The van der Waals surface area contributed by atoms with E-state index >= 15 is 0 Å². The van der Waals surface area contributed by atoms with Crippen LogP contribution in [0.15, 0.2) is 84.1 Å². The number of carboxylic acid groups (broad SMARTS) is 1. The van der Waals surface area contributed by atoms with E-state index in [-0.39, 0.29) is 30.4 Å². The number of rotatable bonds is 5. The van der Waals surface area contributed by atoms with Crippen LogP contribution in [0.5, 0.6) is 0 Å². The number of allylic oxidation sites excluding steroid dienone is 1. The van der Waals surface area contributed by atoms with Gasteiger partial charge in [0.2, 0.25) is 5.91 Å². The third-order valence-electron chi connectivity index (χ3n) is 7.02. The fourth-order valence-corrected chi connectivity index (χ4v) is 5.46. The Morgan fingerprint density at radius 3 is 2.46 bits per heavy atom. The van der Waals surface area contributed by atoms with Crippen molar-refractivity contribution in [1.82, 2.24) is 0 Å². The second-order valence-corrected chi connectivity index (χ2v) is 10.0. The molecule has 37 heavy (non-hydrogen) atoms. The summed E-state index contributed by atoms with van der Waals surface area (Å²) in [4.78, 5) is 40.5. The number of carboxylic acids is 1. The molecule has 188 valence electrons. The third kappa shape index (κ3) is 5.02. The lowest BCUT2D eigenvalue weighted by molar-refractivity contribution is -0.138. The Balaban J connectivity index is 1.68. The number of carbonyl (C=O) groups excluding carboxylic acids is 2. The molecule has 1 aliphatic carbocycles. The molecule has 2 N–H and O–H groups in total. The molecule has 0 bridgehead atoms. The van der Waals surface area contributed by atoms with Crippen molar-refractivity contribution in [2.24, 2.45) is 0 Å². The highest BCUT2D eigenvalue weighted by Gasteiger charge is 2.41. The highest BCUT2D eigenvalue weighted by atomic mass is 35.5. The number of hydrogen-bond donors (Lipinski definition) is 2. The summed E-state index contributed by atoms with van der Waals surface area (Å²) in [6.45, 7) is 2.03. The van der Waals surface area contributed by atoms with E-state index in [1.807, 2.05) is 37.3 Å². The van der Waals surface area contributed by atoms with Gasteiger partial charge in [-0.15, -0.1) is 0 Å². The molecule has 7 heteroatoms. The van der Waals surface area contributed by atoms with Crippen molar-refractivity contribution in [1.29, 1.82) is 0 Å². The number of nitrogens with one attached hydrogen (secondary N) is 1. The standard InChI is InChI=1S/C30H27ClN2O4/c1-18-9-11-19(12-10-18)21-16-24-29(26(34)17-21)30(20-5-4-6-22(31)15-20)33(27(35)13-14-28(36)37)25-8-3-2-7-23(25)32-24/h2-12,15,21,30,32H,13-14,16-17H2,1H3,(H,36,37)/t21-,30-/m0/s1. The number of Topliss-reactive ketones (excluding diaryl/α,β-unsaturated/α-hetero) is 1. The van der Waals surface area contributed by atoms with Crippen molar-refractivity contribution < 1.29 is 19.5 Å². The van der Waals surface area contributed by atoms with E-state index < -0.39 is 12.0 Å². The molecule has 1 heterocycles. The molecule has 0 aromatic heterocycles. The summed E-state index contributed by atoms with van der Waals surface area (Å²) in [6.07, 6.45) is 0.424. The topological polar surface area (TPSA) is 86.7 Å². The smallest absolute Gasteiger partial charge is 0.303 e. The number of carbonyl (C=O) groups is 3. The maximum atomic E-state index is 13.9. The number of halogens is 1. The molecular formula is C30H27ClN2O4. The second-order valence-electron chi connectivity index (χ2n) is 9.59. The van der Waals surface area contributed by atoms with Crippen LogP contribution in [0, 0.1) is 6.92 Å². The summed E-state index contributed by atoms with van der Waals surface area (Å²) in [5.74, 6) is -1.47. The van der Waals surface area contributed by atoms with Crippen LogP contribution in [0.25, 0.3) is 0 Å². The zero-order valence-electron chi connectivity index (χ0n) is 20.4. The average molecular weight is 515 g/mol. The van der Waals surface area contributed by atoms with Gasteiger partial charge in [0, 0.05) is 29.1 Å². The summed E-state index contributed by atoms with van der Waals surface area (Å²) in [7, 11) is 0. The molecule has 5 rings (SSSR count). The fourth-order valence-electron chi connectivity index (χ4n) is 5.27. The lowest BCUT2D eigenvalue weighted by Crippen LogP contribution is -2.38. The summed E-state index contributed by atoms with van der Waals surface area (Å²) >= 11 is 6.36. The highest BCUT2D eigenvalue weighted by molar-refractivity contribution is 6.30. The molecule has 1 aliphatic heterocycles. The van der Waals surface area contributed by atoms with Crippen molar-refractivity contribution >= 4 is 40.6 Å². The van der Waals surface area contributed by atoms with Crippen LogP contribution in [0.3, 0.4) is 0 Å². The van der Waals surface area contributed by atoms with Crippen molar-refractivity contribution in [3.8, 4) is 0 Å². The first-order valence-electron chi connectivity index (χ1n) is 12.3. The quantitative estimate of drug-likeness (QED) is 0.410. The van der Waals surface area contributed by atoms with E-state index in [2.05, 4.69) is 29.6 Å². The summed E-state index contributed by atoms with van der Waals surface area (Å²) < 4.78 is 0. The Labute approximate surface area is 220 Å². The van der Waals surface area contributed by atoms with E-state index in [0.29, 0.717) is 40.4 Å². The molecule has 3 aromatic carbocycles. The van der Waals surface area contributed by atoms with Crippen LogP contribution in [0.4, 0.5) is 11.4 Å². The Hall–Kier alpha value is -3.90. The Kier molecular flexibility index (Phi) is 6.85. The van der Waals surface area contributed by atoms with Gasteiger partial charge in [0.1, 0.15) is 0 Å². The molecule has 0 unspecified atom stereocenters. The molecule has 2 aliphatic rings. The van der Waals surface area contributed by atoms with Crippen molar-refractivity contribution in [3.63, 3.8) is 0 Å². The SMILES string of the molecule is Cc1ccc([C@@H]2CC(=O)C3=C(C2)Nc2ccccc2N(C(=O)CCC(=O)O)[C@H]3c2cccc(Cl)c2)cc1. The van der Waals surface area contributed by atoms with E-state index in [9.17, 15) is 19.5 Å². The summed E-state index contributed by atoms with van der Waals surface area (Å²) in [6, 6.07) is 22.1. The Bertz CT molecular complexity index is 1410. The number of amides is 1. The van der Waals surface area contributed by atoms with Gasteiger partial charge in [0.25, 0.3) is 0 Å². The zero-order valence-corrected chi connectivity index (χ0v) is 21.2. The number of fused-ring (bicyclic) bond motifs is 1. The number of aliphatic carboxylic acids is 1. The molecule has 2 atom stereocenters. The van der Waals surface area contributed by atoms with Gasteiger partial charge in [0.05, 0.1) is 23.8 Å². The first-order valence-corrected chi connectivity index (χ1v) is 12.7. The van der Waals surface area contributed by atoms with E-state index in [1.54, 1.807) is 23.1 Å². The normalized spacial score (nSPS) is 19.0. The molecule has 0 saturated carbocycles. The van der Waals surface area contributed by atoms with Gasteiger partial charge in [-0.1, -0.05) is 65.7 Å². The third-order valence-corrected chi connectivity index (χ3v) is 7.26. The fraction of sp³-hybridized carbons (Fsp3) is 0.233. The highest BCUT2D eigenvalue weighted by Crippen LogP contribution is 2.47. The molecular weight excluding hydrogens is 488 g/mol. The Morgan fingerprint density at radius 2 is 1.73 bits per heavy atom. The van der Waals surface area contributed by atoms with Crippen LogP contribution in [0.2, 0.25) is 5.02 Å². The van der Waals surface area contributed by atoms with Crippen molar-refractivity contribution in [2.45, 2.75) is 44.6 Å². The van der Waals surface area contributed by atoms with Gasteiger partial charge in [-0.3, -0.25) is 19.3 Å². The monoisotopic (exact) mass is 514 g/mol. The minimum absolute atomic E-state index is 0.000727. The number of benzene rings is 3. The van der Waals surface area contributed by atoms with Crippen molar-refractivity contribution in [2.75, 3.05) is 10.2 Å². The van der Waals surface area contributed by atoms with Crippen molar-refractivity contribution in [3.05, 3.63) is 106 Å². The zero-order chi connectivity index (χ0) is 26.1. The predicted octanol–water partition coefficient (Wildman–Crippen LogP) is 6.41. The molecule has 0 saturated heterocycles. The second kappa shape index (κ2) is 10.2. The first-order chi connectivity index (χ1) is 17.8. The summed E-state index contributed by atoms with van der Waals surface area (Å²) in [5, 5.41) is 13.2. The number of aryl methyl sites for hydroxylation is 1.